The van der Waals surface area contributed by atoms with Gasteiger partial charge in [0.05, 0.1) is 0 Å². The molecule has 0 spiro atoms. The summed E-state index contributed by atoms with van der Waals surface area (Å²) in [6.45, 7) is 7.46. The average molecular weight is 225 g/mol. The second kappa shape index (κ2) is 4.42. The van der Waals surface area contributed by atoms with E-state index < -0.39 is 0 Å². The van der Waals surface area contributed by atoms with Gasteiger partial charge in [0.2, 0.25) is 0 Å². The number of fused-ring (bicyclic) bond motifs is 1. The molecule has 0 amide bonds. The molecular weight excluding hydrogens is 208 g/mol. The van der Waals surface area contributed by atoms with Crippen LogP contribution in [0, 0.1) is 0 Å². The Kier molecular flexibility index (Phi) is 3.17. The second-order valence-electron chi connectivity index (χ2n) is 4.24. The van der Waals surface area contributed by atoms with Gasteiger partial charge in [0.15, 0.2) is 0 Å². The van der Waals surface area contributed by atoms with Crippen molar-refractivity contribution in [3.63, 3.8) is 0 Å². The summed E-state index contributed by atoms with van der Waals surface area (Å²) < 4.78 is 0. The van der Waals surface area contributed by atoms with Crippen molar-refractivity contribution >= 4 is 17.3 Å². The van der Waals surface area contributed by atoms with Crippen LogP contribution >= 0.6 is 11.6 Å². The largest absolute Gasteiger partial charge is 0.368 e. The van der Waals surface area contributed by atoms with Crippen molar-refractivity contribution in [2.45, 2.75) is 26.4 Å². The van der Waals surface area contributed by atoms with Crippen LogP contribution in [0.15, 0.2) is 18.2 Å². The maximum atomic E-state index is 6.05. The minimum atomic E-state index is 0.516. The van der Waals surface area contributed by atoms with E-state index in [1.54, 1.807) is 0 Å². The quantitative estimate of drug-likeness (QED) is 0.789. The molecule has 0 bridgehead atoms. The predicted molar refractivity (Wildman–Crippen MR) is 65.6 cm³/mol. The summed E-state index contributed by atoms with van der Waals surface area (Å²) in [5.41, 5.74) is 2.62. The molecule has 1 aliphatic rings. The van der Waals surface area contributed by atoms with Crippen molar-refractivity contribution < 1.29 is 0 Å². The van der Waals surface area contributed by atoms with Gasteiger partial charge >= 0.3 is 0 Å². The Morgan fingerprint density at radius 2 is 2.20 bits per heavy atom. The molecule has 0 fully saturated rings. The summed E-state index contributed by atoms with van der Waals surface area (Å²) >= 11 is 6.05. The third-order valence-corrected chi connectivity index (χ3v) is 3.06. The molecule has 15 heavy (non-hydrogen) atoms. The Balaban J connectivity index is 2.42. The standard InChI is InChI=1S/C12H17ClN2/c1-9(2)15-6-5-14-8-10-3-4-11(13)7-12(10)15/h3-4,7,9,14H,5-6,8H2,1-2H3. The van der Waals surface area contributed by atoms with Crippen LogP contribution in [0.4, 0.5) is 5.69 Å². The molecule has 0 unspecified atom stereocenters. The zero-order valence-electron chi connectivity index (χ0n) is 9.26. The monoisotopic (exact) mass is 224 g/mol. The number of anilines is 1. The molecule has 1 N–H and O–H groups in total. The van der Waals surface area contributed by atoms with E-state index in [-0.39, 0.29) is 0 Å². The first-order valence-electron chi connectivity index (χ1n) is 5.44. The van der Waals surface area contributed by atoms with Crippen molar-refractivity contribution in [1.29, 1.82) is 0 Å². The Hall–Kier alpha value is -0.730. The lowest BCUT2D eigenvalue weighted by atomic mass is 10.1. The number of halogens is 1. The maximum absolute atomic E-state index is 6.05. The van der Waals surface area contributed by atoms with Crippen molar-refractivity contribution in [3.05, 3.63) is 28.8 Å². The normalized spacial score (nSPS) is 16.4. The number of nitrogens with one attached hydrogen (secondary N) is 1. The lowest BCUT2D eigenvalue weighted by molar-refractivity contribution is 0.647. The third-order valence-electron chi connectivity index (χ3n) is 2.83. The SMILES string of the molecule is CC(C)N1CCNCc2ccc(Cl)cc21. The van der Waals surface area contributed by atoms with Crippen LogP contribution in [0.2, 0.25) is 5.02 Å². The molecule has 0 aliphatic carbocycles. The van der Waals surface area contributed by atoms with Crippen molar-refractivity contribution in [2.75, 3.05) is 18.0 Å². The molecule has 1 heterocycles. The Bertz CT molecular complexity index is 349. The van der Waals surface area contributed by atoms with Gasteiger partial charge in [-0.15, -0.1) is 0 Å². The first-order valence-corrected chi connectivity index (χ1v) is 5.82. The average Bonchev–Trinajstić information content (AvgIpc) is 2.39. The molecular formula is C12H17ClN2. The fourth-order valence-corrected chi connectivity index (χ4v) is 2.20. The van der Waals surface area contributed by atoms with E-state index in [2.05, 4.69) is 36.2 Å². The lowest BCUT2D eigenvalue weighted by Gasteiger charge is -2.28. The highest BCUT2D eigenvalue weighted by Gasteiger charge is 2.17. The topological polar surface area (TPSA) is 15.3 Å². The van der Waals surface area contributed by atoms with Gasteiger partial charge in [-0.2, -0.15) is 0 Å². The zero-order valence-corrected chi connectivity index (χ0v) is 10.0. The maximum Gasteiger partial charge on any atom is 0.0429 e. The van der Waals surface area contributed by atoms with E-state index in [1.807, 2.05) is 6.07 Å². The van der Waals surface area contributed by atoms with Crippen LogP contribution < -0.4 is 10.2 Å². The summed E-state index contributed by atoms with van der Waals surface area (Å²) in [6, 6.07) is 6.67. The number of hydrogen-bond acceptors (Lipinski definition) is 2. The molecule has 0 saturated heterocycles. The van der Waals surface area contributed by atoms with Gasteiger partial charge < -0.3 is 10.2 Å². The summed E-state index contributed by atoms with van der Waals surface area (Å²) in [4.78, 5) is 2.40. The Morgan fingerprint density at radius 1 is 1.40 bits per heavy atom. The first kappa shape index (κ1) is 10.8. The third kappa shape index (κ3) is 2.27. The number of rotatable bonds is 1. The van der Waals surface area contributed by atoms with Gasteiger partial charge in [-0.25, -0.2) is 0 Å². The summed E-state index contributed by atoms with van der Waals surface area (Å²) in [6.07, 6.45) is 0. The highest BCUT2D eigenvalue weighted by Crippen LogP contribution is 2.27. The van der Waals surface area contributed by atoms with Crippen LogP contribution in [-0.4, -0.2) is 19.1 Å². The van der Waals surface area contributed by atoms with Crippen LogP contribution in [0.3, 0.4) is 0 Å². The molecule has 3 heteroatoms. The predicted octanol–water partition coefficient (Wildman–Crippen LogP) is 2.66. The van der Waals surface area contributed by atoms with Gasteiger partial charge in [0.1, 0.15) is 0 Å². The molecule has 1 aromatic rings. The molecule has 0 radical (unpaired) electrons. The van der Waals surface area contributed by atoms with Crippen LogP contribution in [0.1, 0.15) is 19.4 Å². The first-order chi connectivity index (χ1) is 7.18. The molecule has 0 atom stereocenters. The highest BCUT2D eigenvalue weighted by atomic mass is 35.5. The Labute approximate surface area is 96.2 Å². The van der Waals surface area contributed by atoms with Crippen molar-refractivity contribution in [2.24, 2.45) is 0 Å². The van der Waals surface area contributed by atoms with E-state index in [4.69, 9.17) is 11.6 Å². The number of hydrogen-bond donors (Lipinski definition) is 1. The highest BCUT2D eigenvalue weighted by molar-refractivity contribution is 6.30. The molecule has 0 aromatic heterocycles. The van der Waals surface area contributed by atoms with E-state index >= 15 is 0 Å². The Morgan fingerprint density at radius 3 is 2.93 bits per heavy atom. The minimum Gasteiger partial charge on any atom is -0.368 e. The molecule has 1 aromatic carbocycles. The van der Waals surface area contributed by atoms with E-state index in [9.17, 15) is 0 Å². The van der Waals surface area contributed by atoms with Crippen LogP contribution in [0.25, 0.3) is 0 Å². The second-order valence-corrected chi connectivity index (χ2v) is 4.67. The van der Waals surface area contributed by atoms with Gasteiger partial charge in [0, 0.05) is 36.4 Å². The molecule has 82 valence electrons. The molecule has 2 nitrogen and oxygen atoms in total. The molecule has 0 saturated carbocycles. The van der Waals surface area contributed by atoms with Gasteiger partial charge in [-0.1, -0.05) is 17.7 Å². The minimum absolute atomic E-state index is 0.516. The fraction of sp³-hybridized carbons (Fsp3) is 0.500. The van der Waals surface area contributed by atoms with Gasteiger partial charge in [-0.3, -0.25) is 0 Å². The number of benzene rings is 1. The van der Waals surface area contributed by atoms with Crippen molar-refractivity contribution in [1.82, 2.24) is 5.32 Å². The van der Waals surface area contributed by atoms with Gasteiger partial charge in [0.25, 0.3) is 0 Å². The molecule has 2 rings (SSSR count). The van der Waals surface area contributed by atoms with Crippen LogP contribution in [-0.2, 0) is 6.54 Å². The molecule has 1 aliphatic heterocycles. The smallest absolute Gasteiger partial charge is 0.0429 e. The van der Waals surface area contributed by atoms with E-state index in [0.717, 1.165) is 24.7 Å². The summed E-state index contributed by atoms with van der Waals surface area (Å²) in [5, 5.41) is 4.24. The van der Waals surface area contributed by atoms with Crippen molar-refractivity contribution in [3.8, 4) is 0 Å². The lowest BCUT2D eigenvalue weighted by Crippen LogP contribution is -2.34. The zero-order chi connectivity index (χ0) is 10.8. The summed E-state index contributed by atoms with van der Waals surface area (Å²) in [7, 11) is 0. The van der Waals surface area contributed by atoms with Gasteiger partial charge in [-0.05, 0) is 31.5 Å². The summed E-state index contributed by atoms with van der Waals surface area (Å²) in [5.74, 6) is 0. The fourth-order valence-electron chi connectivity index (χ4n) is 2.03. The van der Waals surface area contributed by atoms with Crippen LogP contribution in [0.5, 0.6) is 0 Å². The van der Waals surface area contributed by atoms with E-state index in [1.165, 1.54) is 11.3 Å². The van der Waals surface area contributed by atoms with E-state index in [0.29, 0.717) is 6.04 Å². The number of nitrogens with zero attached hydrogens (tertiary/aromatic N) is 1.